The summed E-state index contributed by atoms with van der Waals surface area (Å²) < 4.78 is 0. The zero-order chi connectivity index (χ0) is 11.8. The molecule has 0 heterocycles. The van der Waals surface area contributed by atoms with E-state index in [2.05, 4.69) is 5.32 Å². The second-order valence-corrected chi connectivity index (χ2v) is 3.40. The summed E-state index contributed by atoms with van der Waals surface area (Å²) in [5.41, 5.74) is 0.431. The molecule has 0 aliphatic carbocycles. The topological polar surface area (TPSA) is 66.4 Å². The van der Waals surface area contributed by atoms with Crippen molar-refractivity contribution in [2.75, 3.05) is 0 Å². The highest BCUT2D eigenvalue weighted by molar-refractivity contribution is 5.83. The number of carboxylic acids is 1. The Labute approximate surface area is 89.7 Å². The van der Waals surface area contributed by atoms with E-state index in [4.69, 9.17) is 5.11 Å². The van der Waals surface area contributed by atoms with Crippen molar-refractivity contribution in [1.29, 1.82) is 0 Å². The lowest BCUT2D eigenvalue weighted by Gasteiger charge is -2.10. The Hall–Kier alpha value is -1.58. The van der Waals surface area contributed by atoms with Gasteiger partial charge < -0.3 is 10.4 Å². The lowest BCUT2D eigenvalue weighted by Crippen LogP contribution is -2.21. The first-order valence-corrected chi connectivity index (χ1v) is 4.79. The maximum atomic E-state index is 10.8. The highest BCUT2D eigenvalue weighted by Gasteiger charge is 2.06. The second-order valence-electron chi connectivity index (χ2n) is 3.40. The fraction of sp³-hybridized carbons (Fsp3) is 0.455. The molecule has 0 aliphatic heterocycles. The smallest absolute Gasteiger partial charge is 0.330 e. The van der Waals surface area contributed by atoms with Gasteiger partial charge in [0.2, 0.25) is 5.91 Å². The van der Waals surface area contributed by atoms with Crippen LogP contribution in [-0.4, -0.2) is 17.0 Å². The van der Waals surface area contributed by atoms with Crippen molar-refractivity contribution < 1.29 is 14.7 Å². The van der Waals surface area contributed by atoms with Crippen molar-refractivity contribution in [3.8, 4) is 0 Å². The molecule has 0 aromatic rings. The van der Waals surface area contributed by atoms with E-state index in [0.717, 1.165) is 6.08 Å². The Kier molecular flexibility index (Phi) is 6.09. The maximum Gasteiger partial charge on any atom is 0.330 e. The third-order valence-corrected chi connectivity index (χ3v) is 1.70. The number of carboxylic acid groups (broad SMARTS) is 1. The number of carbonyl (C=O) groups excluding carboxylic acids is 1. The average Bonchev–Trinajstić information content (AvgIpc) is 2.00. The van der Waals surface area contributed by atoms with E-state index in [-0.39, 0.29) is 11.8 Å². The summed E-state index contributed by atoms with van der Waals surface area (Å²) in [5.74, 6) is -1.10. The van der Waals surface area contributed by atoms with Crippen molar-refractivity contribution in [3.63, 3.8) is 0 Å². The molecule has 0 bridgehead atoms. The molecule has 0 saturated heterocycles. The number of nitrogens with one attached hydrogen (secondary N) is 1. The molecule has 0 rings (SSSR count). The summed E-state index contributed by atoms with van der Waals surface area (Å²) in [5, 5.41) is 11.1. The van der Waals surface area contributed by atoms with Gasteiger partial charge in [-0.15, -0.1) is 0 Å². The SMILES string of the molecule is CC=CC(C)CC(=CC(=O)O)NC(C)=O. The van der Waals surface area contributed by atoms with E-state index < -0.39 is 5.97 Å². The number of aliphatic carboxylic acids is 1. The monoisotopic (exact) mass is 211 g/mol. The zero-order valence-corrected chi connectivity index (χ0v) is 9.28. The average molecular weight is 211 g/mol. The molecule has 0 aliphatic rings. The Morgan fingerprint density at radius 2 is 2.07 bits per heavy atom. The summed E-state index contributed by atoms with van der Waals surface area (Å²) in [6.07, 6.45) is 5.39. The number of hydrogen-bond donors (Lipinski definition) is 2. The van der Waals surface area contributed by atoms with Crippen LogP contribution in [0.15, 0.2) is 23.9 Å². The quantitative estimate of drug-likeness (QED) is 0.537. The van der Waals surface area contributed by atoms with Crippen LogP contribution < -0.4 is 5.32 Å². The first-order valence-electron chi connectivity index (χ1n) is 4.79. The lowest BCUT2D eigenvalue weighted by molar-refractivity contribution is -0.131. The molecule has 1 amide bonds. The minimum absolute atomic E-state index is 0.201. The molecule has 4 nitrogen and oxygen atoms in total. The molecule has 0 saturated carbocycles. The third kappa shape index (κ3) is 7.49. The van der Waals surface area contributed by atoms with E-state index in [1.807, 2.05) is 26.0 Å². The van der Waals surface area contributed by atoms with Gasteiger partial charge in [0.1, 0.15) is 0 Å². The molecule has 2 N–H and O–H groups in total. The first kappa shape index (κ1) is 13.4. The van der Waals surface area contributed by atoms with Gasteiger partial charge in [-0.05, 0) is 19.3 Å². The Bertz CT molecular complexity index is 292. The predicted octanol–water partition coefficient (Wildman–Crippen LogP) is 1.69. The molecule has 84 valence electrons. The van der Waals surface area contributed by atoms with Crippen LogP contribution in [0.4, 0.5) is 0 Å². The molecule has 0 fully saturated rings. The van der Waals surface area contributed by atoms with Crippen LogP contribution in [0.25, 0.3) is 0 Å². The van der Waals surface area contributed by atoms with E-state index in [1.54, 1.807) is 0 Å². The van der Waals surface area contributed by atoms with Crippen LogP contribution in [-0.2, 0) is 9.59 Å². The number of amides is 1. The summed E-state index contributed by atoms with van der Waals surface area (Å²) in [6, 6.07) is 0. The van der Waals surface area contributed by atoms with Crippen LogP contribution in [0, 0.1) is 5.92 Å². The third-order valence-electron chi connectivity index (χ3n) is 1.70. The van der Waals surface area contributed by atoms with Crippen LogP contribution >= 0.6 is 0 Å². The standard InChI is InChI=1S/C11H17NO3/c1-4-5-8(2)6-10(7-11(14)15)12-9(3)13/h4-5,7-8H,6H2,1-3H3,(H,12,13)(H,14,15). The molecule has 0 radical (unpaired) electrons. The van der Waals surface area contributed by atoms with Crippen LogP contribution in [0.1, 0.15) is 27.2 Å². The van der Waals surface area contributed by atoms with Crippen LogP contribution in [0.3, 0.4) is 0 Å². The molecule has 0 spiro atoms. The van der Waals surface area contributed by atoms with E-state index in [0.29, 0.717) is 12.1 Å². The lowest BCUT2D eigenvalue weighted by atomic mass is 10.0. The van der Waals surface area contributed by atoms with Gasteiger partial charge in [-0.3, -0.25) is 4.79 Å². The number of rotatable bonds is 5. The summed E-state index contributed by atoms with van der Waals surface area (Å²) in [7, 11) is 0. The van der Waals surface area contributed by atoms with E-state index >= 15 is 0 Å². The Morgan fingerprint density at radius 3 is 2.47 bits per heavy atom. The van der Waals surface area contributed by atoms with Crippen molar-refractivity contribution in [2.45, 2.75) is 27.2 Å². The molecular formula is C11H17NO3. The predicted molar refractivity (Wildman–Crippen MR) is 58.1 cm³/mol. The van der Waals surface area contributed by atoms with E-state index in [1.165, 1.54) is 6.92 Å². The van der Waals surface area contributed by atoms with Crippen molar-refractivity contribution >= 4 is 11.9 Å². The van der Waals surface area contributed by atoms with Gasteiger partial charge in [-0.2, -0.15) is 0 Å². The van der Waals surface area contributed by atoms with E-state index in [9.17, 15) is 9.59 Å². The molecule has 0 aromatic carbocycles. The zero-order valence-electron chi connectivity index (χ0n) is 9.28. The second kappa shape index (κ2) is 6.81. The van der Waals surface area contributed by atoms with Crippen LogP contribution in [0.2, 0.25) is 0 Å². The van der Waals surface area contributed by atoms with Gasteiger partial charge in [-0.1, -0.05) is 19.1 Å². The molecule has 15 heavy (non-hydrogen) atoms. The number of carbonyl (C=O) groups is 2. The highest BCUT2D eigenvalue weighted by Crippen LogP contribution is 2.10. The largest absolute Gasteiger partial charge is 0.478 e. The summed E-state index contributed by atoms with van der Waals surface area (Å²) in [4.78, 5) is 21.3. The molecule has 1 unspecified atom stereocenters. The van der Waals surface area contributed by atoms with Crippen LogP contribution in [0.5, 0.6) is 0 Å². The summed E-state index contributed by atoms with van der Waals surface area (Å²) in [6.45, 7) is 5.21. The Balaban J connectivity index is 4.51. The minimum Gasteiger partial charge on any atom is -0.478 e. The Morgan fingerprint density at radius 1 is 1.47 bits per heavy atom. The minimum atomic E-state index is -1.05. The highest BCUT2D eigenvalue weighted by atomic mass is 16.4. The van der Waals surface area contributed by atoms with Gasteiger partial charge in [0.05, 0.1) is 0 Å². The molecule has 4 heteroatoms. The van der Waals surface area contributed by atoms with Crippen molar-refractivity contribution in [1.82, 2.24) is 5.32 Å². The first-order chi connectivity index (χ1) is 6.95. The fourth-order valence-corrected chi connectivity index (χ4v) is 1.26. The van der Waals surface area contributed by atoms with Gasteiger partial charge in [0, 0.05) is 18.7 Å². The van der Waals surface area contributed by atoms with Gasteiger partial charge in [0.15, 0.2) is 0 Å². The number of hydrogen-bond acceptors (Lipinski definition) is 2. The van der Waals surface area contributed by atoms with Gasteiger partial charge in [0.25, 0.3) is 0 Å². The van der Waals surface area contributed by atoms with Crippen molar-refractivity contribution in [2.24, 2.45) is 5.92 Å². The van der Waals surface area contributed by atoms with Crippen molar-refractivity contribution in [3.05, 3.63) is 23.9 Å². The number of allylic oxidation sites excluding steroid dienone is 3. The molecular weight excluding hydrogens is 194 g/mol. The summed E-state index contributed by atoms with van der Waals surface area (Å²) >= 11 is 0. The molecule has 1 atom stereocenters. The maximum absolute atomic E-state index is 10.8. The van der Waals surface area contributed by atoms with Gasteiger partial charge >= 0.3 is 5.97 Å². The molecule has 0 aromatic heterocycles. The van der Waals surface area contributed by atoms with Gasteiger partial charge in [-0.25, -0.2) is 4.79 Å². The normalized spacial score (nSPS) is 13.9. The fourth-order valence-electron chi connectivity index (χ4n) is 1.26.